The number of imidazole rings is 1. The molecule has 2 rings (SSSR count). The van der Waals surface area contributed by atoms with E-state index < -0.39 is 0 Å². The summed E-state index contributed by atoms with van der Waals surface area (Å²) in [5, 5.41) is 7.76. The Balaban J connectivity index is 1.91. The minimum atomic E-state index is 0.635. The fraction of sp³-hybridized carbons (Fsp3) is 0.500. The Morgan fingerprint density at radius 1 is 1.44 bits per heavy atom. The van der Waals surface area contributed by atoms with Crippen LogP contribution < -0.4 is 5.32 Å². The van der Waals surface area contributed by atoms with E-state index in [0.717, 1.165) is 31.2 Å². The second kappa shape index (κ2) is 6.05. The van der Waals surface area contributed by atoms with E-state index >= 15 is 0 Å². The first-order chi connectivity index (χ1) is 8.65. The summed E-state index contributed by atoms with van der Waals surface area (Å²) in [4.78, 5) is 4.54. The number of aromatic nitrogens is 2. The smallest absolute Gasteiger partial charge is 0.203 e. The van der Waals surface area contributed by atoms with Crippen LogP contribution >= 0.6 is 11.3 Å². The maximum Gasteiger partial charge on any atom is 0.203 e. The summed E-state index contributed by atoms with van der Waals surface area (Å²) in [5.41, 5.74) is 2.47. The van der Waals surface area contributed by atoms with Crippen molar-refractivity contribution < 1.29 is 0 Å². The molecule has 2 aromatic rings. The molecule has 0 aliphatic heterocycles. The van der Waals surface area contributed by atoms with E-state index in [-0.39, 0.29) is 0 Å². The highest BCUT2D eigenvalue weighted by molar-refractivity contribution is 7.07. The minimum absolute atomic E-state index is 0.635. The minimum Gasteiger partial charge on any atom is -0.355 e. The SMILES string of the molecule is Cc1cn(CC(C)C)c(NCCc2ccsc2)n1. The molecule has 4 heteroatoms. The fourth-order valence-electron chi connectivity index (χ4n) is 1.97. The molecule has 0 radical (unpaired) electrons. The number of aryl methyl sites for hydroxylation is 1. The molecule has 0 spiro atoms. The van der Waals surface area contributed by atoms with Gasteiger partial charge in [-0.1, -0.05) is 13.8 Å². The second-order valence-electron chi connectivity index (χ2n) is 5.06. The van der Waals surface area contributed by atoms with Crippen molar-refractivity contribution in [2.45, 2.75) is 33.7 Å². The Kier molecular flexibility index (Phi) is 4.42. The first-order valence-corrected chi connectivity index (χ1v) is 7.38. The molecule has 0 amide bonds. The third-order valence-corrected chi connectivity index (χ3v) is 3.47. The van der Waals surface area contributed by atoms with E-state index in [4.69, 9.17) is 0 Å². The Labute approximate surface area is 113 Å². The number of hydrogen-bond acceptors (Lipinski definition) is 3. The van der Waals surface area contributed by atoms with Gasteiger partial charge in [0.05, 0.1) is 5.69 Å². The van der Waals surface area contributed by atoms with Gasteiger partial charge >= 0.3 is 0 Å². The van der Waals surface area contributed by atoms with Gasteiger partial charge in [0.15, 0.2) is 0 Å². The van der Waals surface area contributed by atoms with E-state index in [1.165, 1.54) is 5.56 Å². The molecule has 2 aromatic heterocycles. The summed E-state index contributed by atoms with van der Waals surface area (Å²) in [5.74, 6) is 1.63. The lowest BCUT2D eigenvalue weighted by Gasteiger charge is -2.11. The molecule has 0 bridgehead atoms. The number of nitrogens with zero attached hydrogens (tertiary/aromatic N) is 2. The van der Waals surface area contributed by atoms with Gasteiger partial charge in [-0.25, -0.2) is 4.98 Å². The molecule has 0 aliphatic rings. The summed E-state index contributed by atoms with van der Waals surface area (Å²) in [6, 6.07) is 2.18. The average molecular weight is 263 g/mol. The lowest BCUT2D eigenvalue weighted by Crippen LogP contribution is -2.12. The highest BCUT2D eigenvalue weighted by atomic mass is 32.1. The van der Waals surface area contributed by atoms with Gasteiger partial charge in [-0.2, -0.15) is 11.3 Å². The fourth-order valence-corrected chi connectivity index (χ4v) is 2.68. The zero-order chi connectivity index (χ0) is 13.0. The van der Waals surface area contributed by atoms with Crippen LogP contribution in [0.2, 0.25) is 0 Å². The van der Waals surface area contributed by atoms with E-state index in [1.807, 2.05) is 6.92 Å². The molecule has 1 N–H and O–H groups in total. The van der Waals surface area contributed by atoms with Gasteiger partial charge in [-0.05, 0) is 41.7 Å². The van der Waals surface area contributed by atoms with Gasteiger partial charge in [0, 0.05) is 19.3 Å². The number of anilines is 1. The number of thiophene rings is 1. The highest BCUT2D eigenvalue weighted by Crippen LogP contribution is 2.12. The van der Waals surface area contributed by atoms with Crippen molar-refractivity contribution >= 4 is 17.3 Å². The monoisotopic (exact) mass is 263 g/mol. The summed E-state index contributed by atoms with van der Waals surface area (Å²) < 4.78 is 2.22. The Morgan fingerprint density at radius 2 is 2.28 bits per heavy atom. The summed E-state index contributed by atoms with van der Waals surface area (Å²) in [7, 11) is 0. The molecular formula is C14H21N3S. The van der Waals surface area contributed by atoms with Crippen LogP contribution in [0.3, 0.4) is 0 Å². The van der Waals surface area contributed by atoms with Crippen molar-refractivity contribution in [1.82, 2.24) is 9.55 Å². The molecule has 98 valence electrons. The van der Waals surface area contributed by atoms with Crippen LogP contribution in [0.25, 0.3) is 0 Å². The number of nitrogens with one attached hydrogen (secondary N) is 1. The van der Waals surface area contributed by atoms with Crippen molar-refractivity contribution in [2.24, 2.45) is 5.92 Å². The Hall–Kier alpha value is -1.29. The second-order valence-corrected chi connectivity index (χ2v) is 5.84. The zero-order valence-corrected chi connectivity index (χ0v) is 12.1. The van der Waals surface area contributed by atoms with Crippen LogP contribution in [0.4, 0.5) is 5.95 Å². The van der Waals surface area contributed by atoms with Crippen LogP contribution in [0.1, 0.15) is 25.1 Å². The molecule has 18 heavy (non-hydrogen) atoms. The first kappa shape index (κ1) is 13.1. The molecule has 2 heterocycles. The van der Waals surface area contributed by atoms with Crippen LogP contribution in [-0.2, 0) is 13.0 Å². The molecule has 0 saturated heterocycles. The van der Waals surface area contributed by atoms with Gasteiger partial charge in [0.2, 0.25) is 5.95 Å². The van der Waals surface area contributed by atoms with Crippen LogP contribution in [0.5, 0.6) is 0 Å². The maximum atomic E-state index is 4.54. The van der Waals surface area contributed by atoms with Crippen LogP contribution in [0, 0.1) is 12.8 Å². The lowest BCUT2D eigenvalue weighted by molar-refractivity contribution is 0.526. The molecule has 0 saturated carbocycles. The highest BCUT2D eigenvalue weighted by Gasteiger charge is 2.06. The molecular weight excluding hydrogens is 242 g/mol. The Morgan fingerprint density at radius 3 is 2.94 bits per heavy atom. The topological polar surface area (TPSA) is 29.9 Å². The largest absolute Gasteiger partial charge is 0.355 e. The molecule has 0 fully saturated rings. The molecule has 0 aliphatic carbocycles. The quantitative estimate of drug-likeness (QED) is 0.863. The predicted molar refractivity (Wildman–Crippen MR) is 78.3 cm³/mol. The molecule has 3 nitrogen and oxygen atoms in total. The lowest BCUT2D eigenvalue weighted by atomic mass is 10.2. The molecule has 0 aromatic carbocycles. The number of hydrogen-bond donors (Lipinski definition) is 1. The predicted octanol–water partition coefficient (Wildman–Crippen LogP) is 3.56. The van der Waals surface area contributed by atoms with Crippen molar-refractivity contribution in [3.8, 4) is 0 Å². The number of rotatable bonds is 6. The summed E-state index contributed by atoms with van der Waals surface area (Å²) in [6.07, 6.45) is 3.17. The van der Waals surface area contributed by atoms with Gasteiger partial charge < -0.3 is 9.88 Å². The van der Waals surface area contributed by atoms with E-state index in [2.05, 4.69) is 51.7 Å². The van der Waals surface area contributed by atoms with Gasteiger partial charge in [0.1, 0.15) is 0 Å². The van der Waals surface area contributed by atoms with Crippen LogP contribution in [0.15, 0.2) is 23.0 Å². The zero-order valence-electron chi connectivity index (χ0n) is 11.3. The van der Waals surface area contributed by atoms with E-state index in [1.54, 1.807) is 11.3 Å². The van der Waals surface area contributed by atoms with Crippen molar-refractivity contribution in [3.05, 3.63) is 34.3 Å². The van der Waals surface area contributed by atoms with Gasteiger partial charge in [-0.3, -0.25) is 0 Å². The van der Waals surface area contributed by atoms with Crippen molar-refractivity contribution in [2.75, 3.05) is 11.9 Å². The maximum absolute atomic E-state index is 4.54. The third kappa shape index (κ3) is 3.60. The average Bonchev–Trinajstić information content (AvgIpc) is 2.89. The van der Waals surface area contributed by atoms with Gasteiger partial charge in [0.25, 0.3) is 0 Å². The summed E-state index contributed by atoms with van der Waals surface area (Å²) in [6.45, 7) is 8.45. The first-order valence-electron chi connectivity index (χ1n) is 6.44. The van der Waals surface area contributed by atoms with E-state index in [0.29, 0.717) is 5.92 Å². The third-order valence-electron chi connectivity index (χ3n) is 2.74. The Bertz CT molecular complexity index is 471. The van der Waals surface area contributed by atoms with Gasteiger partial charge in [-0.15, -0.1) is 0 Å². The van der Waals surface area contributed by atoms with Crippen LogP contribution in [-0.4, -0.2) is 16.1 Å². The summed E-state index contributed by atoms with van der Waals surface area (Å²) >= 11 is 1.75. The molecule has 0 unspecified atom stereocenters. The van der Waals surface area contributed by atoms with E-state index in [9.17, 15) is 0 Å². The normalized spacial score (nSPS) is 11.1. The van der Waals surface area contributed by atoms with Crippen molar-refractivity contribution in [1.29, 1.82) is 0 Å². The van der Waals surface area contributed by atoms with Crippen molar-refractivity contribution in [3.63, 3.8) is 0 Å². The standard InChI is InChI=1S/C14H21N3S/c1-11(2)8-17-9-12(3)16-14(17)15-6-4-13-5-7-18-10-13/h5,7,9-11H,4,6,8H2,1-3H3,(H,15,16). The molecule has 0 atom stereocenters.